The topological polar surface area (TPSA) is 70.1 Å². The number of nitrogens with zero attached hydrogens (tertiary/aromatic N) is 3. The maximum absolute atomic E-state index is 12.5. The van der Waals surface area contributed by atoms with Gasteiger partial charge in [-0.25, -0.2) is 0 Å². The Bertz CT molecular complexity index is 718. The van der Waals surface area contributed by atoms with E-state index in [9.17, 15) is 4.79 Å². The van der Waals surface area contributed by atoms with Crippen LogP contribution in [0.1, 0.15) is 23.4 Å². The molecule has 0 fully saturated rings. The molecule has 0 aliphatic heterocycles. The molecule has 0 saturated heterocycles. The zero-order valence-electron chi connectivity index (χ0n) is 12.5. The lowest BCUT2D eigenvalue weighted by molar-refractivity contribution is -0.118. The SMILES string of the molecule is Cc1cc(CC(=O)N(CCC#N)c2ccc(C)c(Cl)c2)no1. The number of carbonyl (C=O) groups excluding carboxylic acids is 1. The zero-order chi connectivity index (χ0) is 16.1. The van der Waals surface area contributed by atoms with Crippen LogP contribution in [0.3, 0.4) is 0 Å². The maximum Gasteiger partial charge on any atom is 0.233 e. The number of hydrogen-bond acceptors (Lipinski definition) is 4. The summed E-state index contributed by atoms with van der Waals surface area (Å²) in [4.78, 5) is 14.1. The van der Waals surface area contributed by atoms with Crippen molar-refractivity contribution in [2.75, 3.05) is 11.4 Å². The summed E-state index contributed by atoms with van der Waals surface area (Å²) in [7, 11) is 0. The third kappa shape index (κ3) is 3.86. The van der Waals surface area contributed by atoms with Crippen LogP contribution in [0, 0.1) is 25.2 Å². The predicted octanol–water partition coefficient (Wildman–Crippen LogP) is 3.43. The molecule has 0 radical (unpaired) electrons. The average Bonchev–Trinajstić information content (AvgIpc) is 2.88. The van der Waals surface area contributed by atoms with Crippen LogP contribution in [-0.4, -0.2) is 17.6 Å². The zero-order valence-corrected chi connectivity index (χ0v) is 13.2. The normalized spacial score (nSPS) is 10.3. The summed E-state index contributed by atoms with van der Waals surface area (Å²) >= 11 is 6.13. The van der Waals surface area contributed by atoms with E-state index >= 15 is 0 Å². The smallest absolute Gasteiger partial charge is 0.233 e. The first kappa shape index (κ1) is 16.1. The van der Waals surface area contributed by atoms with Gasteiger partial charge in [-0.15, -0.1) is 0 Å². The molecule has 0 unspecified atom stereocenters. The molecule has 22 heavy (non-hydrogen) atoms. The molecule has 1 heterocycles. The Kier molecular flexibility index (Phi) is 5.18. The van der Waals surface area contributed by atoms with E-state index in [2.05, 4.69) is 11.2 Å². The van der Waals surface area contributed by atoms with Crippen molar-refractivity contribution in [2.45, 2.75) is 26.7 Å². The van der Waals surface area contributed by atoms with E-state index in [0.29, 0.717) is 28.7 Å². The van der Waals surface area contributed by atoms with Crippen LogP contribution in [0.4, 0.5) is 5.69 Å². The largest absolute Gasteiger partial charge is 0.361 e. The van der Waals surface area contributed by atoms with Gasteiger partial charge < -0.3 is 9.42 Å². The van der Waals surface area contributed by atoms with Crippen molar-refractivity contribution in [1.29, 1.82) is 5.26 Å². The van der Waals surface area contributed by atoms with Crippen LogP contribution in [0.5, 0.6) is 0 Å². The molecule has 1 amide bonds. The standard InChI is InChI=1S/C16H16ClN3O2/c1-11-4-5-14(10-15(11)17)20(7-3-6-18)16(21)9-13-8-12(2)22-19-13/h4-5,8,10H,3,7,9H2,1-2H3. The molecule has 114 valence electrons. The molecule has 0 spiro atoms. The number of carbonyl (C=O) groups is 1. The van der Waals surface area contributed by atoms with Crippen molar-refractivity contribution in [3.05, 3.63) is 46.3 Å². The number of amides is 1. The molecule has 0 N–H and O–H groups in total. The number of aryl methyl sites for hydroxylation is 2. The lowest BCUT2D eigenvalue weighted by atomic mass is 10.2. The van der Waals surface area contributed by atoms with E-state index in [1.165, 1.54) is 0 Å². The number of benzene rings is 1. The van der Waals surface area contributed by atoms with Crippen LogP contribution in [0.25, 0.3) is 0 Å². The second-order valence-electron chi connectivity index (χ2n) is 4.99. The highest BCUT2D eigenvalue weighted by Crippen LogP contribution is 2.24. The minimum atomic E-state index is -0.150. The van der Waals surface area contributed by atoms with Crippen LogP contribution in [0.15, 0.2) is 28.8 Å². The lowest BCUT2D eigenvalue weighted by Gasteiger charge is -2.22. The molecule has 1 aromatic heterocycles. The molecule has 2 rings (SSSR count). The minimum absolute atomic E-state index is 0.119. The van der Waals surface area contributed by atoms with E-state index in [4.69, 9.17) is 21.4 Å². The quantitative estimate of drug-likeness (QED) is 0.847. The van der Waals surface area contributed by atoms with Gasteiger partial charge in [-0.2, -0.15) is 5.26 Å². The highest BCUT2D eigenvalue weighted by atomic mass is 35.5. The Morgan fingerprint density at radius 3 is 2.77 bits per heavy atom. The Labute approximate surface area is 134 Å². The van der Waals surface area contributed by atoms with Gasteiger partial charge in [0.2, 0.25) is 5.91 Å². The van der Waals surface area contributed by atoms with Crippen molar-refractivity contribution in [3.8, 4) is 6.07 Å². The van der Waals surface area contributed by atoms with Crippen molar-refractivity contribution >= 4 is 23.2 Å². The summed E-state index contributed by atoms with van der Waals surface area (Å²) in [6.07, 6.45) is 0.364. The number of halogens is 1. The molecule has 0 aliphatic rings. The Morgan fingerprint density at radius 1 is 1.41 bits per heavy atom. The third-order valence-corrected chi connectivity index (χ3v) is 3.63. The number of nitriles is 1. The van der Waals surface area contributed by atoms with Gasteiger partial charge in [0.15, 0.2) is 0 Å². The van der Waals surface area contributed by atoms with Gasteiger partial charge in [0.1, 0.15) is 5.76 Å². The molecule has 1 aromatic carbocycles. The van der Waals surface area contributed by atoms with Gasteiger partial charge in [0.05, 0.1) is 24.6 Å². The molecular formula is C16H16ClN3O2. The first-order chi connectivity index (χ1) is 10.5. The second kappa shape index (κ2) is 7.10. The lowest BCUT2D eigenvalue weighted by Crippen LogP contribution is -2.33. The fourth-order valence-electron chi connectivity index (χ4n) is 2.06. The molecule has 0 saturated carbocycles. The molecule has 2 aromatic rings. The van der Waals surface area contributed by atoms with Gasteiger partial charge in [0.25, 0.3) is 0 Å². The van der Waals surface area contributed by atoms with Crippen LogP contribution >= 0.6 is 11.6 Å². The molecule has 5 nitrogen and oxygen atoms in total. The molecule has 0 bridgehead atoms. The van der Waals surface area contributed by atoms with Gasteiger partial charge in [-0.3, -0.25) is 4.79 Å². The van der Waals surface area contributed by atoms with E-state index in [-0.39, 0.29) is 18.7 Å². The van der Waals surface area contributed by atoms with Crippen molar-refractivity contribution in [2.24, 2.45) is 0 Å². The number of anilines is 1. The average molecular weight is 318 g/mol. The maximum atomic E-state index is 12.5. The summed E-state index contributed by atoms with van der Waals surface area (Å²) in [5, 5.41) is 13.2. The Morgan fingerprint density at radius 2 is 2.18 bits per heavy atom. The van der Waals surface area contributed by atoms with Gasteiger partial charge in [-0.05, 0) is 31.5 Å². The van der Waals surface area contributed by atoms with E-state index in [1.54, 1.807) is 24.0 Å². The van der Waals surface area contributed by atoms with Gasteiger partial charge in [-0.1, -0.05) is 22.8 Å². The third-order valence-electron chi connectivity index (χ3n) is 3.22. The van der Waals surface area contributed by atoms with E-state index in [1.807, 2.05) is 19.1 Å². The van der Waals surface area contributed by atoms with E-state index in [0.717, 1.165) is 5.56 Å². The number of hydrogen-bond donors (Lipinski definition) is 0. The van der Waals surface area contributed by atoms with Crippen molar-refractivity contribution < 1.29 is 9.32 Å². The number of rotatable bonds is 5. The highest BCUT2D eigenvalue weighted by molar-refractivity contribution is 6.31. The fraction of sp³-hybridized carbons (Fsp3) is 0.312. The van der Waals surface area contributed by atoms with Crippen molar-refractivity contribution in [3.63, 3.8) is 0 Å². The van der Waals surface area contributed by atoms with Crippen LogP contribution < -0.4 is 4.90 Å². The van der Waals surface area contributed by atoms with Crippen LogP contribution in [-0.2, 0) is 11.2 Å². The monoisotopic (exact) mass is 317 g/mol. The molecule has 6 heteroatoms. The molecule has 0 aliphatic carbocycles. The summed E-state index contributed by atoms with van der Waals surface area (Å²) in [5.74, 6) is 0.508. The molecule has 0 atom stereocenters. The fourth-order valence-corrected chi connectivity index (χ4v) is 2.24. The first-order valence-electron chi connectivity index (χ1n) is 6.87. The Hall–Kier alpha value is -2.32. The summed E-state index contributed by atoms with van der Waals surface area (Å²) in [5.41, 5.74) is 2.18. The first-order valence-corrected chi connectivity index (χ1v) is 7.24. The highest BCUT2D eigenvalue weighted by Gasteiger charge is 2.18. The van der Waals surface area contributed by atoms with Gasteiger partial charge >= 0.3 is 0 Å². The van der Waals surface area contributed by atoms with Crippen molar-refractivity contribution in [1.82, 2.24) is 5.16 Å². The predicted molar refractivity (Wildman–Crippen MR) is 83.7 cm³/mol. The van der Waals surface area contributed by atoms with Gasteiger partial charge in [0, 0.05) is 23.3 Å². The minimum Gasteiger partial charge on any atom is -0.361 e. The molecular weight excluding hydrogens is 302 g/mol. The second-order valence-corrected chi connectivity index (χ2v) is 5.40. The van der Waals surface area contributed by atoms with Crippen LogP contribution in [0.2, 0.25) is 5.02 Å². The Balaban J connectivity index is 2.22. The number of aromatic nitrogens is 1. The summed E-state index contributed by atoms with van der Waals surface area (Å²) in [6.45, 7) is 3.98. The summed E-state index contributed by atoms with van der Waals surface area (Å²) < 4.78 is 4.97. The summed E-state index contributed by atoms with van der Waals surface area (Å²) in [6, 6.07) is 9.19. The van der Waals surface area contributed by atoms with E-state index < -0.39 is 0 Å².